The van der Waals surface area contributed by atoms with Crippen molar-refractivity contribution in [1.29, 1.82) is 0 Å². The van der Waals surface area contributed by atoms with Crippen LogP contribution in [0.2, 0.25) is 0 Å². The monoisotopic (exact) mass is 1080 g/mol. The van der Waals surface area contributed by atoms with Crippen LogP contribution in [0.3, 0.4) is 0 Å². The molecular weight excluding hydrogens is 947 g/mol. The zero-order valence-corrected chi connectivity index (χ0v) is 52.2. The van der Waals surface area contributed by atoms with Crippen molar-refractivity contribution in [3.63, 3.8) is 0 Å². The van der Waals surface area contributed by atoms with Gasteiger partial charge in [-0.1, -0.05) is 346 Å². The topological polar surface area (TPSA) is 95.9 Å². The summed E-state index contributed by atoms with van der Waals surface area (Å²) in [6.07, 6.45) is 83.6. The highest BCUT2D eigenvalue weighted by Gasteiger charge is 2.20. The first-order valence-electron chi connectivity index (χ1n) is 35.1. The molecule has 0 heterocycles. The number of nitrogens with one attached hydrogen (secondary N) is 1. The number of carbonyl (C=O) groups is 2. The Kier molecular flexibility index (Phi) is 65.4. The van der Waals surface area contributed by atoms with Crippen molar-refractivity contribution in [2.45, 2.75) is 405 Å². The maximum Gasteiger partial charge on any atom is 0.305 e. The van der Waals surface area contributed by atoms with Gasteiger partial charge in [-0.25, -0.2) is 0 Å². The molecule has 6 heteroatoms. The van der Waals surface area contributed by atoms with Gasteiger partial charge in [-0.15, -0.1) is 0 Å². The number of hydrogen-bond donors (Lipinski definition) is 3. The molecule has 0 aromatic carbocycles. The number of aliphatic hydroxyl groups is 2. The summed E-state index contributed by atoms with van der Waals surface area (Å²) in [4.78, 5) is 24.6. The second kappa shape index (κ2) is 66.8. The van der Waals surface area contributed by atoms with E-state index in [0.717, 1.165) is 51.4 Å². The minimum Gasteiger partial charge on any atom is -0.466 e. The summed E-state index contributed by atoms with van der Waals surface area (Å²) >= 11 is 0. The standard InChI is InChI=1S/C71H137NO5/c1-3-5-7-9-11-13-15-17-19-21-33-37-41-45-49-53-57-61-65-71(76)77-66-62-58-54-50-46-42-38-34-31-29-27-25-23-22-24-26-28-30-32-36-40-44-48-52-56-60-64-70(75)72-68(67-73)69(74)63-59-55-51-47-43-39-35-20-18-16-14-12-10-8-6-4-2/h13,15,19,21,68-69,73-74H,3-12,14,16-18,20,22-67H2,1-2H3,(H,72,75)/b15-13-,21-19-. The van der Waals surface area contributed by atoms with E-state index in [2.05, 4.69) is 43.5 Å². The number of allylic oxidation sites excluding steroid dienone is 4. The lowest BCUT2D eigenvalue weighted by Gasteiger charge is -2.22. The lowest BCUT2D eigenvalue weighted by Crippen LogP contribution is -2.45. The van der Waals surface area contributed by atoms with E-state index in [0.29, 0.717) is 25.9 Å². The number of aliphatic hydroxyl groups excluding tert-OH is 2. The molecule has 3 N–H and O–H groups in total. The lowest BCUT2D eigenvalue weighted by atomic mass is 10.0. The van der Waals surface area contributed by atoms with Gasteiger partial charge in [-0.2, -0.15) is 0 Å². The Morgan fingerprint density at radius 2 is 0.649 bits per heavy atom. The molecule has 0 bridgehead atoms. The molecule has 0 spiro atoms. The molecule has 0 rings (SSSR count). The lowest BCUT2D eigenvalue weighted by molar-refractivity contribution is -0.143. The van der Waals surface area contributed by atoms with Crippen molar-refractivity contribution < 1.29 is 24.5 Å². The highest BCUT2D eigenvalue weighted by molar-refractivity contribution is 5.76. The number of hydrogen-bond acceptors (Lipinski definition) is 5. The normalized spacial score (nSPS) is 12.6. The molecule has 1 amide bonds. The third-order valence-electron chi connectivity index (χ3n) is 16.5. The summed E-state index contributed by atoms with van der Waals surface area (Å²) in [6.45, 7) is 4.97. The van der Waals surface area contributed by atoms with E-state index >= 15 is 0 Å². The fourth-order valence-electron chi connectivity index (χ4n) is 11.1. The van der Waals surface area contributed by atoms with Gasteiger partial charge in [-0.05, 0) is 57.8 Å². The zero-order valence-electron chi connectivity index (χ0n) is 52.2. The second-order valence-electron chi connectivity index (χ2n) is 24.2. The van der Waals surface area contributed by atoms with Gasteiger partial charge in [0.15, 0.2) is 0 Å². The van der Waals surface area contributed by atoms with Gasteiger partial charge in [0.1, 0.15) is 0 Å². The van der Waals surface area contributed by atoms with E-state index in [9.17, 15) is 19.8 Å². The Balaban J connectivity index is 3.34. The molecular formula is C71H137NO5. The highest BCUT2D eigenvalue weighted by Crippen LogP contribution is 2.19. The Hall–Kier alpha value is -1.66. The molecule has 0 aliphatic carbocycles. The van der Waals surface area contributed by atoms with Crippen LogP contribution in [-0.4, -0.2) is 47.4 Å². The van der Waals surface area contributed by atoms with Crippen LogP contribution >= 0.6 is 0 Å². The zero-order chi connectivity index (χ0) is 55.7. The van der Waals surface area contributed by atoms with E-state index in [1.54, 1.807) is 0 Å². The summed E-state index contributed by atoms with van der Waals surface area (Å²) in [6, 6.07) is -0.540. The second-order valence-corrected chi connectivity index (χ2v) is 24.2. The van der Waals surface area contributed by atoms with Gasteiger partial charge in [0.25, 0.3) is 0 Å². The minimum atomic E-state index is -0.663. The van der Waals surface area contributed by atoms with Crippen molar-refractivity contribution in [3.05, 3.63) is 24.3 Å². The molecule has 0 aliphatic heterocycles. The molecule has 2 atom stereocenters. The average Bonchev–Trinajstić information content (AvgIpc) is 3.43. The third-order valence-corrected chi connectivity index (χ3v) is 16.5. The molecule has 0 saturated heterocycles. The van der Waals surface area contributed by atoms with Crippen LogP contribution in [0.25, 0.3) is 0 Å². The summed E-state index contributed by atoms with van der Waals surface area (Å²) in [5.41, 5.74) is 0. The van der Waals surface area contributed by atoms with Crippen molar-refractivity contribution in [3.8, 4) is 0 Å². The number of ether oxygens (including phenoxy) is 1. The number of amides is 1. The number of esters is 1. The first-order chi connectivity index (χ1) is 38.0. The summed E-state index contributed by atoms with van der Waals surface area (Å²) in [7, 11) is 0. The molecule has 0 aromatic heterocycles. The fourth-order valence-corrected chi connectivity index (χ4v) is 11.1. The van der Waals surface area contributed by atoms with E-state index in [-0.39, 0.29) is 18.5 Å². The van der Waals surface area contributed by atoms with Crippen molar-refractivity contribution in [1.82, 2.24) is 5.32 Å². The SMILES string of the molecule is CCCCCC/C=C\C/C=C\CCCCCCCCCC(=O)OCCCCCCCCCCCCCCCCCCCCCCCCCCCCC(=O)NC(CO)C(O)CCCCCCCCCCCCCCCCCC. The smallest absolute Gasteiger partial charge is 0.305 e. The van der Waals surface area contributed by atoms with Crippen LogP contribution in [0.15, 0.2) is 24.3 Å². The molecule has 0 fully saturated rings. The molecule has 6 nitrogen and oxygen atoms in total. The van der Waals surface area contributed by atoms with Crippen LogP contribution in [0.1, 0.15) is 393 Å². The van der Waals surface area contributed by atoms with Gasteiger partial charge in [0, 0.05) is 12.8 Å². The van der Waals surface area contributed by atoms with Gasteiger partial charge in [0.2, 0.25) is 5.91 Å². The maximum atomic E-state index is 12.5. The quantitative estimate of drug-likeness (QED) is 0.0320. The van der Waals surface area contributed by atoms with Crippen LogP contribution in [0.4, 0.5) is 0 Å². The van der Waals surface area contributed by atoms with Crippen molar-refractivity contribution in [2.75, 3.05) is 13.2 Å². The van der Waals surface area contributed by atoms with Gasteiger partial charge < -0.3 is 20.3 Å². The van der Waals surface area contributed by atoms with E-state index in [1.807, 2.05) is 0 Å². The first-order valence-corrected chi connectivity index (χ1v) is 35.1. The predicted molar refractivity (Wildman–Crippen MR) is 338 cm³/mol. The first kappa shape index (κ1) is 75.3. The predicted octanol–water partition coefficient (Wildman–Crippen LogP) is 22.5. The maximum absolute atomic E-state index is 12.5. The highest BCUT2D eigenvalue weighted by atomic mass is 16.5. The molecule has 0 aromatic rings. The largest absolute Gasteiger partial charge is 0.466 e. The van der Waals surface area contributed by atoms with Gasteiger partial charge >= 0.3 is 5.97 Å². The average molecular weight is 1080 g/mol. The molecule has 456 valence electrons. The molecule has 0 aliphatic rings. The van der Waals surface area contributed by atoms with E-state index in [1.165, 1.54) is 308 Å². The Morgan fingerprint density at radius 1 is 0.364 bits per heavy atom. The Morgan fingerprint density at radius 3 is 1.00 bits per heavy atom. The summed E-state index contributed by atoms with van der Waals surface area (Å²) in [5, 5.41) is 23.4. The molecule has 77 heavy (non-hydrogen) atoms. The molecule has 0 saturated carbocycles. The van der Waals surface area contributed by atoms with Crippen molar-refractivity contribution >= 4 is 11.9 Å². The molecule has 2 unspecified atom stereocenters. The van der Waals surface area contributed by atoms with Crippen molar-refractivity contribution in [2.24, 2.45) is 0 Å². The van der Waals surface area contributed by atoms with Crippen LogP contribution in [0, 0.1) is 0 Å². The van der Waals surface area contributed by atoms with E-state index in [4.69, 9.17) is 4.74 Å². The summed E-state index contributed by atoms with van der Waals surface area (Å²) in [5.74, 6) is -0.0189. The van der Waals surface area contributed by atoms with Gasteiger partial charge in [0.05, 0.1) is 25.4 Å². The number of rotatable bonds is 66. The van der Waals surface area contributed by atoms with Crippen LogP contribution < -0.4 is 5.32 Å². The minimum absolute atomic E-state index is 0.0107. The Labute approximate surface area is 481 Å². The van der Waals surface area contributed by atoms with E-state index < -0.39 is 12.1 Å². The third kappa shape index (κ3) is 63.4. The molecule has 0 radical (unpaired) electrons. The Bertz CT molecular complexity index is 1200. The summed E-state index contributed by atoms with van der Waals surface area (Å²) < 4.78 is 5.50. The van der Waals surface area contributed by atoms with Gasteiger partial charge in [-0.3, -0.25) is 9.59 Å². The number of carbonyl (C=O) groups excluding carboxylic acids is 2. The van der Waals surface area contributed by atoms with Crippen LogP contribution in [0.5, 0.6) is 0 Å². The number of unbranched alkanes of at least 4 members (excludes halogenated alkanes) is 51. The fraction of sp³-hybridized carbons (Fsp3) is 0.915. The van der Waals surface area contributed by atoms with Crippen LogP contribution in [-0.2, 0) is 14.3 Å².